The van der Waals surface area contributed by atoms with E-state index < -0.39 is 18.2 Å². The van der Waals surface area contributed by atoms with Gasteiger partial charge in [-0.05, 0) is 83.5 Å². The summed E-state index contributed by atoms with van der Waals surface area (Å²) >= 11 is 0. The number of carbonyl (C=O) groups excluding carboxylic acids is 2. The molecule has 0 aliphatic heterocycles. The summed E-state index contributed by atoms with van der Waals surface area (Å²) < 4.78 is 5.90. The van der Waals surface area contributed by atoms with Crippen LogP contribution in [0.3, 0.4) is 0 Å². The lowest BCUT2D eigenvalue weighted by atomic mass is 10.0. The van der Waals surface area contributed by atoms with Crippen molar-refractivity contribution >= 4 is 11.9 Å². The van der Waals surface area contributed by atoms with Crippen LogP contribution >= 0.6 is 0 Å². The Hall–Kier alpha value is -2.18. The first-order valence-electron chi connectivity index (χ1n) is 24.9. The summed E-state index contributed by atoms with van der Waals surface area (Å²) in [7, 11) is 0. The molecule has 6 nitrogen and oxygen atoms in total. The number of hydrogen-bond acceptors (Lipinski definition) is 5. The molecule has 0 aliphatic rings. The number of hydrogen-bond donors (Lipinski definition) is 3. The number of rotatable bonds is 44. The van der Waals surface area contributed by atoms with Gasteiger partial charge in [-0.1, -0.05) is 198 Å². The van der Waals surface area contributed by atoms with E-state index in [-0.39, 0.29) is 24.9 Å². The standard InChI is InChI=1S/C52H95NO5/c1-4-7-10-13-16-19-21-22-23-24-25-26-27-28-30-33-36-39-42-45-52(57)58-48(43-40-37-34-31-18-15-12-9-6-3)46-51(56)53-49(47-54)50(55)44-41-38-35-32-29-20-17-14-11-8-5-2/h15-16,18-19,22-23,25-26,48-50,54-55H,4-14,17,20-21,24,27-47H2,1-3H3,(H,53,56)/b18-15-,19-16-,23-22-,26-25-. The second kappa shape index (κ2) is 45.9. The fraction of sp³-hybridized carbons (Fsp3) is 0.808. The molecule has 58 heavy (non-hydrogen) atoms. The van der Waals surface area contributed by atoms with Crippen molar-refractivity contribution in [2.75, 3.05) is 6.61 Å². The van der Waals surface area contributed by atoms with Crippen molar-refractivity contribution in [2.24, 2.45) is 0 Å². The van der Waals surface area contributed by atoms with E-state index in [4.69, 9.17) is 4.74 Å². The number of aliphatic hydroxyl groups is 2. The van der Waals surface area contributed by atoms with E-state index in [1.54, 1.807) is 0 Å². The molecule has 3 unspecified atom stereocenters. The van der Waals surface area contributed by atoms with Crippen LogP contribution in [0.2, 0.25) is 0 Å². The quantitative estimate of drug-likeness (QED) is 0.0323. The molecule has 0 saturated heterocycles. The van der Waals surface area contributed by atoms with Gasteiger partial charge < -0.3 is 20.3 Å². The molecule has 0 aromatic carbocycles. The second-order valence-electron chi connectivity index (χ2n) is 16.9. The number of esters is 1. The van der Waals surface area contributed by atoms with Gasteiger partial charge in [0, 0.05) is 6.42 Å². The molecule has 0 spiro atoms. The molecule has 1 amide bonds. The monoisotopic (exact) mass is 814 g/mol. The number of allylic oxidation sites excluding steroid dienone is 8. The Morgan fingerprint density at radius 1 is 0.500 bits per heavy atom. The van der Waals surface area contributed by atoms with Crippen molar-refractivity contribution in [3.63, 3.8) is 0 Å². The lowest BCUT2D eigenvalue weighted by molar-refractivity contribution is -0.151. The number of carbonyl (C=O) groups is 2. The van der Waals surface area contributed by atoms with Crippen molar-refractivity contribution in [1.29, 1.82) is 0 Å². The van der Waals surface area contributed by atoms with E-state index in [9.17, 15) is 19.8 Å². The lowest BCUT2D eigenvalue weighted by Crippen LogP contribution is -2.46. The summed E-state index contributed by atoms with van der Waals surface area (Å²) in [5, 5.41) is 23.6. The van der Waals surface area contributed by atoms with Crippen molar-refractivity contribution in [3.8, 4) is 0 Å². The summed E-state index contributed by atoms with van der Waals surface area (Å²) in [5.41, 5.74) is 0. The fourth-order valence-corrected chi connectivity index (χ4v) is 7.30. The van der Waals surface area contributed by atoms with Crippen LogP contribution in [0.4, 0.5) is 0 Å². The van der Waals surface area contributed by atoms with Gasteiger partial charge in [0.2, 0.25) is 5.91 Å². The SMILES string of the molecule is CCCC/C=C\CCCCCC(CC(=O)NC(CO)C(O)CCCCCCCCCCCCC)OC(=O)CCCCCCCC/C=C\C/C=C\C/C=C\CCCCC. The van der Waals surface area contributed by atoms with E-state index in [1.165, 1.54) is 109 Å². The van der Waals surface area contributed by atoms with Crippen LogP contribution < -0.4 is 5.32 Å². The van der Waals surface area contributed by atoms with E-state index in [1.807, 2.05) is 0 Å². The van der Waals surface area contributed by atoms with Gasteiger partial charge in [0.05, 0.1) is 25.2 Å². The van der Waals surface area contributed by atoms with E-state index in [0.717, 1.165) is 89.9 Å². The third kappa shape index (κ3) is 40.6. The van der Waals surface area contributed by atoms with Gasteiger partial charge in [-0.3, -0.25) is 9.59 Å². The highest BCUT2D eigenvalue weighted by atomic mass is 16.5. The molecule has 6 heteroatoms. The average molecular weight is 814 g/mol. The van der Waals surface area contributed by atoms with Gasteiger partial charge in [0.1, 0.15) is 6.10 Å². The van der Waals surface area contributed by atoms with E-state index in [2.05, 4.69) is 74.7 Å². The van der Waals surface area contributed by atoms with Crippen LogP contribution in [0, 0.1) is 0 Å². The lowest BCUT2D eigenvalue weighted by Gasteiger charge is -2.24. The zero-order chi connectivity index (χ0) is 42.4. The van der Waals surface area contributed by atoms with Gasteiger partial charge in [0.25, 0.3) is 0 Å². The summed E-state index contributed by atoms with van der Waals surface area (Å²) in [5.74, 6) is -0.505. The number of aliphatic hydroxyl groups excluding tert-OH is 2. The van der Waals surface area contributed by atoms with Gasteiger partial charge in [-0.25, -0.2) is 0 Å². The Morgan fingerprint density at radius 2 is 0.897 bits per heavy atom. The minimum Gasteiger partial charge on any atom is -0.462 e. The topological polar surface area (TPSA) is 95.9 Å². The summed E-state index contributed by atoms with van der Waals surface area (Å²) in [6, 6.07) is -0.706. The molecular formula is C52H95NO5. The molecule has 0 rings (SSSR count). The highest BCUT2D eigenvalue weighted by Crippen LogP contribution is 2.17. The third-order valence-electron chi connectivity index (χ3n) is 11.1. The molecule has 3 N–H and O–H groups in total. The average Bonchev–Trinajstić information content (AvgIpc) is 3.22. The molecule has 0 aromatic heterocycles. The molecule has 0 heterocycles. The number of nitrogens with one attached hydrogen (secondary N) is 1. The molecule has 338 valence electrons. The van der Waals surface area contributed by atoms with Gasteiger partial charge in [-0.15, -0.1) is 0 Å². The van der Waals surface area contributed by atoms with Crippen molar-refractivity contribution in [3.05, 3.63) is 48.6 Å². The maximum atomic E-state index is 13.1. The van der Waals surface area contributed by atoms with Crippen LogP contribution in [0.5, 0.6) is 0 Å². The summed E-state index contributed by atoms with van der Waals surface area (Å²) in [6.45, 7) is 6.39. The van der Waals surface area contributed by atoms with Crippen LogP contribution in [0.25, 0.3) is 0 Å². The first-order chi connectivity index (χ1) is 28.5. The van der Waals surface area contributed by atoms with Crippen molar-refractivity contribution < 1.29 is 24.5 Å². The van der Waals surface area contributed by atoms with Gasteiger partial charge >= 0.3 is 5.97 Å². The van der Waals surface area contributed by atoms with Crippen LogP contribution in [0.1, 0.15) is 245 Å². The Morgan fingerprint density at radius 3 is 1.45 bits per heavy atom. The second-order valence-corrected chi connectivity index (χ2v) is 16.9. The molecular weight excluding hydrogens is 719 g/mol. The highest BCUT2D eigenvalue weighted by Gasteiger charge is 2.24. The molecule has 0 fully saturated rings. The van der Waals surface area contributed by atoms with E-state index in [0.29, 0.717) is 19.3 Å². The molecule has 0 saturated carbocycles. The first kappa shape index (κ1) is 55.8. The first-order valence-corrected chi connectivity index (χ1v) is 24.9. The van der Waals surface area contributed by atoms with Crippen LogP contribution in [0.15, 0.2) is 48.6 Å². The highest BCUT2D eigenvalue weighted by molar-refractivity contribution is 5.77. The maximum absolute atomic E-state index is 13.1. The largest absolute Gasteiger partial charge is 0.462 e. The molecule has 0 bridgehead atoms. The summed E-state index contributed by atoms with van der Waals surface area (Å²) in [4.78, 5) is 26.0. The number of unbranched alkanes of at least 4 members (excludes halogenated alkanes) is 24. The van der Waals surface area contributed by atoms with Gasteiger partial charge in [-0.2, -0.15) is 0 Å². The van der Waals surface area contributed by atoms with Gasteiger partial charge in [0.15, 0.2) is 0 Å². The summed E-state index contributed by atoms with van der Waals surface area (Å²) in [6.07, 6.45) is 54.6. The maximum Gasteiger partial charge on any atom is 0.306 e. The van der Waals surface area contributed by atoms with Crippen molar-refractivity contribution in [2.45, 2.75) is 264 Å². The van der Waals surface area contributed by atoms with Crippen LogP contribution in [-0.4, -0.2) is 46.9 Å². The number of amides is 1. The minimum atomic E-state index is -0.791. The zero-order valence-corrected chi connectivity index (χ0v) is 38.4. The predicted octanol–water partition coefficient (Wildman–Crippen LogP) is 14.7. The predicted molar refractivity (Wildman–Crippen MR) is 250 cm³/mol. The Balaban J connectivity index is 4.48. The van der Waals surface area contributed by atoms with Crippen LogP contribution in [-0.2, 0) is 14.3 Å². The number of ether oxygens (including phenoxy) is 1. The minimum absolute atomic E-state index is 0.0611. The fourth-order valence-electron chi connectivity index (χ4n) is 7.30. The van der Waals surface area contributed by atoms with E-state index >= 15 is 0 Å². The molecule has 0 radical (unpaired) electrons. The molecule has 0 aromatic rings. The smallest absolute Gasteiger partial charge is 0.306 e. The Kier molecular flexibility index (Phi) is 44.2. The Bertz CT molecular complexity index is 1000. The Labute approximate surface area is 359 Å². The third-order valence-corrected chi connectivity index (χ3v) is 11.1. The normalized spacial score (nSPS) is 13.7. The molecule has 0 aliphatic carbocycles. The zero-order valence-electron chi connectivity index (χ0n) is 38.4. The molecule has 3 atom stereocenters. The van der Waals surface area contributed by atoms with Crippen molar-refractivity contribution in [1.82, 2.24) is 5.32 Å².